The highest BCUT2D eigenvalue weighted by molar-refractivity contribution is 5.89. The van der Waals surface area contributed by atoms with Gasteiger partial charge in [-0.25, -0.2) is 4.79 Å². The van der Waals surface area contributed by atoms with Crippen LogP contribution in [0.15, 0.2) is 0 Å². The fraction of sp³-hybridized carbons (Fsp3) is 0.727. The van der Waals surface area contributed by atoms with E-state index in [1.165, 1.54) is 0 Å². The molecule has 3 unspecified atom stereocenters. The Hall–Kier alpha value is -1.63. The summed E-state index contributed by atoms with van der Waals surface area (Å²) in [6, 6.07) is -1.27. The van der Waals surface area contributed by atoms with Gasteiger partial charge in [-0.1, -0.05) is 6.92 Å². The molecule has 1 fully saturated rings. The van der Waals surface area contributed by atoms with E-state index < -0.39 is 30.2 Å². The van der Waals surface area contributed by atoms with Crippen molar-refractivity contribution in [3.63, 3.8) is 0 Å². The number of carboxylic acid groups (broad SMARTS) is 1. The van der Waals surface area contributed by atoms with Crippen molar-refractivity contribution in [1.82, 2.24) is 5.32 Å². The van der Waals surface area contributed by atoms with Crippen LogP contribution in [-0.2, 0) is 19.1 Å². The molecule has 0 bridgehead atoms. The number of hydrogen-bond donors (Lipinski definition) is 3. The van der Waals surface area contributed by atoms with E-state index in [0.717, 1.165) is 0 Å². The first-order chi connectivity index (χ1) is 8.45. The second-order valence-corrected chi connectivity index (χ2v) is 4.28. The zero-order chi connectivity index (χ0) is 13.7. The fourth-order valence-corrected chi connectivity index (χ4v) is 2.03. The molecule has 0 aromatic carbocycles. The molecule has 0 aromatic heterocycles. The molecule has 0 spiro atoms. The van der Waals surface area contributed by atoms with Gasteiger partial charge in [0, 0.05) is 6.61 Å². The lowest BCUT2D eigenvalue weighted by atomic mass is 9.98. The third kappa shape index (κ3) is 3.69. The first-order valence-electron chi connectivity index (χ1n) is 5.88. The van der Waals surface area contributed by atoms with E-state index in [9.17, 15) is 14.4 Å². The molecule has 1 aliphatic heterocycles. The average Bonchev–Trinajstić information content (AvgIpc) is 2.75. The molecule has 0 radical (unpaired) electrons. The molecule has 0 aromatic rings. The minimum atomic E-state index is -1.27. The summed E-state index contributed by atoms with van der Waals surface area (Å²) in [6.45, 7) is 2.39. The van der Waals surface area contributed by atoms with Crippen LogP contribution < -0.4 is 11.1 Å². The summed E-state index contributed by atoms with van der Waals surface area (Å²) in [7, 11) is 0. The average molecular weight is 258 g/mol. The standard InChI is InChI=1S/C11H18N2O5/c1-2-8-6(3-4-18-8)10(15)13-7(11(16)17)5-9(12)14/h6-8H,2-5H2,1H3,(H2,12,14)(H,13,15)(H,16,17). The maximum Gasteiger partial charge on any atom is 0.326 e. The van der Waals surface area contributed by atoms with E-state index >= 15 is 0 Å². The number of amides is 2. The molecule has 0 saturated carbocycles. The van der Waals surface area contributed by atoms with Gasteiger partial charge in [0.25, 0.3) is 0 Å². The largest absolute Gasteiger partial charge is 0.480 e. The van der Waals surface area contributed by atoms with Crippen LogP contribution in [0.3, 0.4) is 0 Å². The Kier molecular flexibility index (Phi) is 5.08. The molecule has 1 rings (SSSR count). The SMILES string of the molecule is CCC1OCCC1C(=O)NC(CC(N)=O)C(=O)O. The van der Waals surface area contributed by atoms with Gasteiger partial charge in [-0.15, -0.1) is 0 Å². The van der Waals surface area contributed by atoms with Crippen molar-refractivity contribution in [2.24, 2.45) is 11.7 Å². The van der Waals surface area contributed by atoms with Crippen LogP contribution in [0.1, 0.15) is 26.2 Å². The van der Waals surface area contributed by atoms with Crippen molar-refractivity contribution in [2.45, 2.75) is 38.3 Å². The summed E-state index contributed by atoms with van der Waals surface area (Å²) in [6.07, 6.45) is 0.651. The molecule has 18 heavy (non-hydrogen) atoms. The van der Waals surface area contributed by atoms with Gasteiger partial charge in [-0.3, -0.25) is 9.59 Å². The Morgan fingerprint density at radius 2 is 2.17 bits per heavy atom. The molecular formula is C11H18N2O5. The first kappa shape index (κ1) is 14.4. The third-order valence-corrected chi connectivity index (χ3v) is 2.97. The summed E-state index contributed by atoms with van der Waals surface area (Å²) >= 11 is 0. The molecule has 1 heterocycles. The summed E-state index contributed by atoms with van der Waals surface area (Å²) in [5.74, 6) is -2.79. The van der Waals surface area contributed by atoms with Gasteiger partial charge in [-0.05, 0) is 12.8 Å². The summed E-state index contributed by atoms with van der Waals surface area (Å²) in [5, 5.41) is 11.2. The van der Waals surface area contributed by atoms with Crippen molar-refractivity contribution >= 4 is 17.8 Å². The fourth-order valence-electron chi connectivity index (χ4n) is 2.03. The van der Waals surface area contributed by atoms with Crippen LogP contribution in [0, 0.1) is 5.92 Å². The topological polar surface area (TPSA) is 119 Å². The van der Waals surface area contributed by atoms with Crippen molar-refractivity contribution in [1.29, 1.82) is 0 Å². The summed E-state index contributed by atoms with van der Waals surface area (Å²) in [5.41, 5.74) is 4.94. The molecule has 2 amide bonds. The van der Waals surface area contributed by atoms with Crippen LogP contribution in [0.5, 0.6) is 0 Å². The highest BCUT2D eigenvalue weighted by Crippen LogP contribution is 2.23. The number of carboxylic acids is 1. The number of carbonyl (C=O) groups excluding carboxylic acids is 2. The van der Waals surface area contributed by atoms with E-state index in [0.29, 0.717) is 19.4 Å². The third-order valence-electron chi connectivity index (χ3n) is 2.97. The lowest BCUT2D eigenvalue weighted by Gasteiger charge is -2.19. The minimum Gasteiger partial charge on any atom is -0.480 e. The minimum absolute atomic E-state index is 0.187. The van der Waals surface area contributed by atoms with Crippen molar-refractivity contribution in [3.05, 3.63) is 0 Å². The highest BCUT2D eigenvalue weighted by Gasteiger charge is 2.35. The quantitative estimate of drug-likeness (QED) is 0.579. The number of hydrogen-bond acceptors (Lipinski definition) is 4. The zero-order valence-corrected chi connectivity index (χ0v) is 10.2. The van der Waals surface area contributed by atoms with Crippen molar-refractivity contribution < 1.29 is 24.2 Å². The maximum atomic E-state index is 11.9. The molecule has 102 valence electrons. The summed E-state index contributed by atoms with van der Waals surface area (Å²) in [4.78, 5) is 33.5. The Balaban J connectivity index is 2.60. The van der Waals surface area contributed by atoms with Crippen LogP contribution in [-0.4, -0.2) is 41.6 Å². The molecule has 3 atom stereocenters. The second-order valence-electron chi connectivity index (χ2n) is 4.28. The Bertz CT molecular complexity index is 344. The molecule has 7 heteroatoms. The molecule has 7 nitrogen and oxygen atoms in total. The zero-order valence-electron chi connectivity index (χ0n) is 10.2. The maximum absolute atomic E-state index is 11.9. The van der Waals surface area contributed by atoms with Gasteiger partial charge in [0.1, 0.15) is 6.04 Å². The van der Waals surface area contributed by atoms with Crippen LogP contribution in [0.25, 0.3) is 0 Å². The lowest BCUT2D eigenvalue weighted by Crippen LogP contribution is -2.47. The predicted octanol–water partition coefficient (Wildman–Crippen LogP) is -0.754. The van der Waals surface area contributed by atoms with Crippen LogP contribution >= 0.6 is 0 Å². The number of carbonyl (C=O) groups is 3. The number of rotatable bonds is 6. The number of nitrogens with one attached hydrogen (secondary N) is 1. The van der Waals surface area contributed by atoms with E-state index in [4.69, 9.17) is 15.6 Å². The van der Waals surface area contributed by atoms with Gasteiger partial charge in [-0.2, -0.15) is 0 Å². The van der Waals surface area contributed by atoms with Crippen LogP contribution in [0.4, 0.5) is 0 Å². The number of ether oxygens (including phenoxy) is 1. The van der Waals surface area contributed by atoms with E-state index in [1.807, 2.05) is 6.92 Å². The van der Waals surface area contributed by atoms with E-state index in [2.05, 4.69) is 5.32 Å². The summed E-state index contributed by atoms with van der Waals surface area (Å²) < 4.78 is 5.36. The molecular weight excluding hydrogens is 240 g/mol. The van der Waals surface area contributed by atoms with E-state index in [1.54, 1.807) is 0 Å². The predicted molar refractivity (Wildman–Crippen MR) is 61.5 cm³/mol. The first-order valence-corrected chi connectivity index (χ1v) is 5.88. The molecule has 4 N–H and O–H groups in total. The Morgan fingerprint density at radius 1 is 1.50 bits per heavy atom. The number of nitrogens with two attached hydrogens (primary N) is 1. The normalized spacial score (nSPS) is 24.5. The van der Waals surface area contributed by atoms with Crippen molar-refractivity contribution in [2.75, 3.05) is 6.61 Å². The molecule has 1 saturated heterocycles. The van der Waals surface area contributed by atoms with E-state index in [-0.39, 0.29) is 12.0 Å². The van der Waals surface area contributed by atoms with Gasteiger partial charge in [0.15, 0.2) is 0 Å². The Morgan fingerprint density at radius 3 is 2.67 bits per heavy atom. The van der Waals surface area contributed by atoms with Gasteiger partial charge in [0.05, 0.1) is 18.4 Å². The highest BCUT2D eigenvalue weighted by atomic mass is 16.5. The number of aliphatic carboxylic acids is 1. The van der Waals surface area contributed by atoms with Crippen molar-refractivity contribution in [3.8, 4) is 0 Å². The lowest BCUT2D eigenvalue weighted by molar-refractivity contribution is -0.144. The smallest absolute Gasteiger partial charge is 0.326 e. The van der Waals surface area contributed by atoms with Gasteiger partial charge in [0.2, 0.25) is 11.8 Å². The molecule has 1 aliphatic rings. The monoisotopic (exact) mass is 258 g/mol. The van der Waals surface area contributed by atoms with Gasteiger partial charge < -0.3 is 20.9 Å². The second kappa shape index (κ2) is 6.34. The Labute approximate surface area is 105 Å². The van der Waals surface area contributed by atoms with Crippen LogP contribution in [0.2, 0.25) is 0 Å². The molecule has 0 aliphatic carbocycles. The van der Waals surface area contributed by atoms with Gasteiger partial charge >= 0.3 is 5.97 Å². The number of primary amides is 1.